The van der Waals surface area contributed by atoms with E-state index in [1.807, 2.05) is 30.3 Å². The first-order valence-corrected chi connectivity index (χ1v) is 8.13. The first kappa shape index (κ1) is 15.4. The molecule has 5 nitrogen and oxygen atoms in total. The first-order chi connectivity index (χ1) is 12.2. The van der Waals surface area contributed by atoms with Gasteiger partial charge in [-0.3, -0.25) is 4.79 Å². The number of carbonyl (C=O) groups excluding carboxylic acids is 1. The van der Waals surface area contributed by atoms with Crippen molar-refractivity contribution in [1.82, 2.24) is 4.90 Å². The van der Waals surface area contributed by atoms with Crippen LogP contribution in [0, 0.1) is 0 Å². The molecule has 0 saturated carbocycles. The molecule has 25 heavy (non-hydrogen) atoms. The minimum absolute atomic E-state index is 0.0741. The van der Waals surface area contributed by atoms with Crippen LogP contribution in [-0.2, 0) is 13.0 Å². The molecule has 0 unspecified atom stereocenters. The first-order valence-electron chi connectivity index (χ1n) is 8.13. The summed E-state index contributed by atoms with van der Waals surface area (Å²) in [6.45, 7) is 1.03. The lowest BCUT2D eigenvalue weighted by atomic mass is 9.99. The molecule has 1 aliphatic rings. The van der Waals surface area contributed by atoms with Crippen LogP contribution in [0.5, 0.6) is 5.75 Å². The molecule has 0 aliphatic carbocycles. The zero-order valence-corrected chi connectivity index (χ0v) is 13.8. The third-order valence-electron chi connectivity index (χ3n) is 4.58. The van der Waals surface area contributed by atoms with Crippen LogP contribution in [-0.4, -0.2) is 24.5 Å². The van der Waals surface area contributed by atoms with Crippen LogP contribution >= 0.6 is 0 Å². The van der Waals surface area contributed by atoms with E-state index in [1.54, 1.807) is 30.2 Å². The van der Waals surface area contributed by atoms with Gasteiger partial charge in [0, 0.05) is 18.5 Å². The Labute approximate surface area is 144 Å². The molecule has 0 radical (unpaired) electrons. The summed E-state index contributed by atoms with van der Waals surface area (Å²) in [4.78, 5) is 26.8. The van der Waals surface area contributed by atoms with E-state index in [-0.39, 0.29) is 11.5 Å². The van der Waals surface area contributed by atoms with Crippen molar-refractivity contribution in [2.45, 2.75) is 13.0 Å². The topological polar surface area (TPSA) is 59.8 Å². The lowest BCUT2D eigenvalue weighted by Gasteiger charge is -2.29. The summed E-state index contributed by atoms with van der Waals surface area (Å²) in [7, 11) is 1.62. The summed E-state index contributed by atoms with van der Waals surface area (Å²) < 4.78 is 10.5. The molecule has 2 heterocycles. The maximum Gasteiger partial charge on any atom is 0.349 e. The molecule has 0 N–H and O–H groups in total. The number of nitrogens with zero attached hydrogens (tertiary/aromatic N) is 1. The van der Waals surface area contributed by atoms with Crippen molar-refractivity contribution in [3.8, 4) is 5.75 Å². The number of para-hydroxylation sites is 1. The zero-order valence-electron chi connectivity index (χ0n) is 13.8. The summed E-state index contributed by atoms with van der Waals surface area (Å²) in [6.07, 6.45) is 0.754. The molecule has 3 aromatic rings. The molecule has 1 amide bonds. The molecule has 0 atom stereocenters. The third-order valence-corrected chi connectivity index (χ3v) is 4.58. The molecule has 1 aromatic heterocycles. The van der Waals surface area contributed by atoms with E-state index in [9.17, 15) is 9.59 Å². The number of ether oxygens (including phenoxy) is 1. The van der Waals surface area contributed by atoms with Crippen molar-refractivity contribution in [2.75, 3.05) is 13.7 Å². The third kappa shape index (κ3) is 2.78. The minimum Gasteiger partial charge on any atom is -0.497 e. The van der Waals surface area contributed by atoms with Crippen LogP contribution in [0.1, 0.15) is 21.5 Å². The summed E-state index contributed by atoms with van der Waals surface area (Å²) in [5.41, 5.74) is 2.21. The van der Waals surface area contributed by atoms with E-state index >= 15 is 0 Å². The highest BCUT2D eigenvalue weighted by molar-refractivity contribution is 5.96. The van der Waals surface area contributed by atoms with E-state index in [0.717, 1.165) is 23.1 Å². The quantitative estimate of drug-likeness (QED) is 0.676. The standard InChI is InChI=1S/C20H17NO4/c1-24-16-7-6-13-8-9-21(12-15(13)10-16)19(22)17-11-14-4-2-3-5-18(14)25-20(17)23/h2-7,10-11H,8-9,12H2,1H3. The van der Waals surface area contributed by atoms with E-state index < -0.39 is 5.63 Å². The molecule has 5 heteroatoms. The molecular formula is C20H17NO4. The molecule has 126 valence electrons. The van der Waals surface area contributed by atoms with E-state index in [4.69, 9.17) is 9.15 Å². The average molecular weight is 335 g/mol. The fourth-order valence-electron chi connectivity index (χ4n) is 3.22. The largest absolute Gasteiger partial charge is 0.497 e. The van der Waals surface area contributed by atoms with Crippen molar-refractivity contribution in [2.24, 2.45) is 0 Å². The van der Waals surface area contributed by atoms with Gasteiger partial charge in [0.25, 0.3) is 5.91 Å². The Morgan fingerprint density at radius 1 is 1.12 bits per heavy atom. The number of amides is 1. The van der Waals surface area contributed by atoms with Crippen molar-refractivity contribution < 1.29 is 13.9 Å². The highest BCUT2D eigenvalue weighted by Gasteiger charge is 2.25. The van der Waals surface area contributed by atoms with Gasteiger partial charge in [0.1, 0.15) is 16.9 Å². The van der Waals surface area contributed by atoms with Gasteiger partial charge in [-0.15, -0.1) is 0 Å². The Kier molecular flexibility index (Phi) is 3.76. The zero-order chi connectivity index (χ0) is 17.4. The lowest BCUT2D eigenvalue weighted by Crippen LogP contribution is -2.38. The normalized spacial score (nSPS) is 13.6. The Hall–Kier alpha value is -3.08. The minimum atomic E-state index is -0.597. The number of fused-ring (bicyclic) bond motifs is 2. The summed E-state index contributed by atoms with van der Waals surface area (Å²) in [6, 6.07) is 14.7. The van der Waals surface area contributed by atoms with Gasteiger partial charge in [-0.1, -0.05) is 24.3 Å². The highest BCUT2D eigenvalue weighted by Crippen LogP contribution is 2.25. The molecule has 2 aromatic carbocycles. The van der Waals surface area contributed by atoms with Crippen LogP contribution in [0.25, 0.3) is 11.0 Å². The van der Waals surface area contributed by atoms with Gasteiger partial charge >= 0.3 is 5.63 Å². The van der Waals surface area contributed by atoms with Gasteiger partial charge in [0.2, 0.25) is 0 Å². The van der Waals surface area contributed by atoms with Crippen LogP contribution in [0.15, 0.2) is 57.7 Å². The van der Waals surface area contributed by atoms with Gasteiger partial charge in [-0.2, -0.15) is 0 Å². The van der Waals surface area contributed by atoms with Crippen molar-refractivity contribution in [3.63, 3.8) is 0 Å². The van der Waals surface area contributed by atoms with Crippen molar-refractivity contribution in [1.29, 1.82) is 0 Å². The molecule has 0 fully saturated rings. The average Bonchev–Trinajstić information content (AvgIpc) is 2.66. The van der Waals surface area contributed by atoms with Crippen LogP contribution in [0.4, 0.5) is 0 Å². The predicted octanol–water partition coefficient (Wildman–Crippen LogP) is 3.00. The molecule has 0 bridgehead atoms. The Morgan fingerprint density at radius 2 is 1.96 bits per heavy atom. The van der Waals surface area contributed by atoms with E-state index in [2.05, 4.69) is 0 Å². The fraction of sp³-hybridized carbons (Fsp3) is 0.200. The number of methoxy groups -OCH3 is 1. The maximum atomic E-state index is 12.9. The SMILES string of the molecule is COc1ccc2c(c1)CN(C(=O)c1cc3ccccc3oc1=O)CC2. The smallest absolute Gasteiger partial charge is 0.349 e. The lowest BCUT2D eigenvalue weighted by molar-refractivity contribution is 0.0730. The number of rotatable bonds is 2. The van der Waals surface area contributed by atoms with Crippen LogP contribution in [0.2, 0.25) is 0 Å². The Morgan fingerprint density at radius 3 is 2.80 bits per heavy atom. The predicted molar refractivity (Wildman–Crippen MR) is 93.9 cm³/mol. The van der Waals surface area contributed by atoms with Gasteiger partial charge in [-0.25, -0.2) is 4.79 Å². The summed E-state index contributed by atoms with van der Waals surface area (Å²) in [5.74, 6) is 0.464. The van der Waals surface area contributed by atoms with Crippen molar-refractivity contribution >= 4 is 16.9 Å². The molecule has 0 saturated heterocycles. The van der Waals surface area contributed by atoms with Gasteiger partial charge < -0.3 is 14.1 Å². The Bertz CT molecular complexity index is 1020. The number of carbonyl (C=O) groups is 1. The second kappa shape index (κ2) is 6.09. The highest BCUT2D eigenvalue weighted by atomic mass is 16.5. The molecular weight excluding hydrogens is 318 g/mol. The van der Waals surface area contributed by atoms with Crippen LogP contribution < -0.4 is 10.4 Å². The fourth-order valence-corrected chi connectivity index (χ4v) is 3.22. The Balaban J connectivity index is 1.67. The van der Waals surface area contributed by atoms with E-state index in [1.165, 1.54) is 5.56 Å². The maximum absolute atomic E-state index is 12.9. The van der Waals surface area contributed by atoms with Gasteiger partial charge in [0.15, 0.2) is 0 Å². The van der Waals surface area contributed by atoms with Gasteiger partial charge in [-0.05, 0) is 41.8 Å². The van der Waals surface area contributed by atoms with Crippen molar-refractivity contribution in [3.05, 3.63) is 75.6 Å². The number of hydrogen-bond donors (Lipinski definition) is 0. The second-order valence-electron chi connectivity index (χ2n) is 6.10. The van der Waals surface area contributed by atoms with E-state index in [0.29, 0.717) is 18.7 Å². The monoisotopic (exact) mass is 335 g/mol. The van der Waals surface area contributed by atoms with Crippen LogP contribution in [0.3, 0.4) is 0 Å². The number of hydrogen-bond acceptors (Lipinski definition) is 4. The molecule has 0 spiro atoms. The number of benzene rings is 2. The molecule has 1 aliphatic heterocycles. The second-order valence-corrected chi connectivity index (χ2v) is 6.10. The summed E-state index contributed by atoms with van der Waals surface area (Å²) in [5, 5.41) is 0.740. The van der Waals surface area contributed by atoms with Gasteiger partial charge in [0.05, 0.1) is 7.11 Å². The summed E-state index contributed by atoms with van der Waals surface area (Å²) >= 11 is 0. The molecule has 4 rings (SSSR count).